The Kier molecular flexibility index (Phi) is 8.32. The number of aliphatic imine (C=N–C) groups is 1. The molecule has 0 aliphatic carbocycles. The quantitative estimate of drug-likeness (QED) is 0.516. The highest BCUT2D eigenvalue weighted by molar-refractivity contribution is 5.89. The van der Waals surface area contributed by atoms with E-state index in [1.165, 1.54) is 0 Å². The largest absolute Gasteiger partial charge is 0.478 e. The van der Waals surface area contributed by atoms with E-state index in [2.05, 4.69) is 25.8 Å². The van der Waals surface area contributed by atoms with E-state index < -0.39 is 5.97 Å². The first-order valence-electron chi connectivity index (χ1n) is 6.73. The van der Waals surface area contributed by atoms with Crippen LogP contribution in [-0.4, -0.2) is 36.5 Å². The van der Waals surface area contributed by atoms with Gasteiger partial charge >= 0.3 is 5.97 Å². The van der Waals surface area contributed by atoms with E-state index in [0.717, 1.165) is 31.9 Å². The molecule has 1 atom stereocenters. The molecule has 0 fully saturated rings. The summed E-state index contributed by atoms with van der Waals surface area (Å²) in [6, 6.07) is 0. The van der Waals surface area contributed by atoms with Crippen molar-refractivity contribution in [3.8, 4) is 0 Å². The summed E-state index contributed by atoms with van der Waals surface area (Å²) in [6.45, 7) is 8.82. The molecule has 0 spiro atoms. The Hall–Kier alpha value is -1.16. The van der Waals surface area contributed by atoms with Gasteiger partial charge in [0.2, 0.25) is 0 Å². The number of ether oxygens (including phenoxy) is 1. The monoisotopic (exact) mass is 269 g/mol. The Morgan fingerprint density at radius 1 is 1.47 bits per heavy atom. The molecule has 0 saturated heterocycles. The zero-order valence-electron chi connectivity index (χ0n) is 12.8. The van der Waals surface area contributed by atoms with Gasteiger partial charge in [0.15, 0.2) is 0 Å². The molecule has 0 radical (unpaired) electrons. The molecular weight excluding hydrogens is 242 g/mol. The van der Waals surface area contributed by atoms with Crippen molar-refractivity contribution < 1.29 is 14.6 Å². The topological polar surface area (TPSA) is 58.9 Å². The van der Waals surface area contributed by atoms with Gasteiger partial charge in [0.05, 0.1) is 5.60 Å². The number of hydrogen-bond donors (Lipinski definition) is 1. The zero-order valence-corrected chi connectivity index (χ0v) is 12.8. The Labute approximate surface area is 116 Å². The first-order chi connectivity index (χ1) is 8.76. The average molecular weight is 269 g/mol. The van der Waals surface area contributed by atoms with Crippen molar-refractivity contribution in [1.82, 2.24) is 0 Å². The SMILES string of the molecule is COC(C)(C)CCCC(C)CN=C/C(C)=C/C(=O)O. The molecule has 0 aromatic rings. The van der Waals surface area contributed by atoms with E-state index in [0.29, 0.717) is 11.5 Å². The van der Waals surface area contributed by atoms with Gasteiger partial charge in [0, 0.05) is 25.9 Å². The predicted octanol–water partition coefficient (Wildman–Crippen LogP) is 3.32. The number of aliphatic carboxylic acids is 1. The fraction of sp³-hybridized carbons (Fsp3) is 0.733. The Morgan fingerprint density at radius 2 is 2.11 bits per heavy atom. The maximum atomic E-state index is 10.4. The van der Waals surface area contributed by atoms with Gasteiger partial charge in [-0.05, 0) is 45.1 Å². The third kappa shape index (κ3) is 10.4. The summed E-state index contributed by atoms with van der Waals surface area (Å²) in [6.07, 6.45) is 6.04. The minimum absolute atomic E-state index is 0.0518. The molecule has 0 heterocycles. The lowest BCUT2D eigenvalue weighted by Gasteiger charge is -2.23. The number of allylic oxidation sites excluding steroid dienone is 1. The molecule has 19 heavy (non-hydrogen) atoms. The van der Waals surface area contributed by atoms with Crippen LogP contribution in [0.2, 0.25) is 0 Å². The molecule has 0 aliphatic rings. The van der Waals surface area contributed by atoms with E-state index >= 15 is 0 Å². The van der Waals surface area contributed by atoms with Crippen LogP contribution in [0.15, 0.2) is 16.6 Å². The summed E-state index contributed by atoms with van der Waals surface area (Å²) < 4.78 is 5.38. The van der Waals surface area contributed by atoms with Crippen molar-refractivity contribution in [2.45, 2.75) is 52.6 Å². The molecule has 4 heteroatoms. The van der Waals surface area contributed by atoms with E-state index in [1.807, 2.05) is 0 Å². The van der Waals surface area contributed by atoms with Crippen LogP contribution in [0.5, 0.6) is 0 Å². The third-order valence-corrected chi connectivity index (χ3v) is 3.09. The maximum absolute atomic E-state index is 10.4. The molecule has 0 aromatic carbocycles. The number of rotatable bonds is 9. The second-order valence-electron chi connectivity index (χ2n) is 5.68. The van der Waals surface area contributed by atoms with E-state index in [-0.39, 0.29) is 5.60 Å². The first-order valence-corrected chi connectivity index (χ1v) is 6.73. The van der Waals surface area contributed by atoms with Gasteiger partial charge < -0.3 is 9.84 Å². The zero-order chi connectivity index (χ0) is 14.9. The second-order valence-corrected chi connectivity index (χ2v) is 5.68. The van der Waals surface area contributed by atoms with Crippen LogP contribution in [0.25, 0.3) is 0 Å². The van der Waals surface area contributed by atoms with Gasteiger partial charge in [-0.15, -0.1) is 0 Å². The first kappa shape index (κ1) is 17.8. The number of nitrogens with zero attached hydrogens (tertiary/aromatic N) is 1. The van der Waals surface area contributed by atoms with Crippen LogP contribution in [0.4, 0.5) is 0 Å². The highest BCUT2D eigenvalue weighted by Gasteiger charge is 2.15. The normalized spacial score (nSPS) is 14.9. The standard InChI is InChI=1S/C15H27NO3/c1-12(7-6-8-15(3,4)19-5)10-16-11-13(2)9-14(17)18/h9,11-12H,6-8,10H2,1-5H3,(H,17,18)/b13-9+,16-11?. The summed E-state index contributed by atoms with van der Waals surface area (Å²) in [5.74, 6) is -0.430. The van der Waals surface area contributed by atoms with Crippen LogP contribution in [-0.2, 0) is 9.53 Å². The van der Waals surface area contributed by atoms with Crippen molar-refractivity contribution in [1.29, 1.82) is 0 Å². The van der Waals surface area contributed by atoms with Crippen molar-refractivity contribution >= 4 is 12.2 Å². The van der Waals surface area contributed by atoms with Crippen molar-refractivity contribution in [2.24, 2.45) is 10.9 Å². The number of carboxylic acid groups (broad SMARTS) is 1. The number of carboxylic acids is 1. The molecule has 0 aromatic heterocycles. The molecule has 0 aliphatic heterocycles. The summed E-state index contributed by atoms with van der Waals surface area (Å²) in [7, 11) is 1.74. The van der Waals surface area contributed by atoms with Gasteiger partial charge in [0.1, 0.15) is 0 Å². The number of methoxy groups -OCH3 is 1. The molecule has 110 valence electrons. The van der Waals surface area contributed by atoms with Crippen molar-refractivity contribution in [2.75, 3.05) is 13.7 Å². The van der Waals surface area contributed by atoms with Crippen LogP contribution >= 0.6 is 0 Å². The minimum atomic E-state index is -0.932. The molecular formula is C15H27NO3. The molecule has 1 N–H and O–H groups in total. The van der Waals surface area contributed by atoms with Crippen LogP contribution in [0, 0.1) is 5.92 Å². The fourth-order valence-corrected chi connectivity index (χ4v) is 1.68. The molecule has 0 saturated carbocycles. The van der Waals surface area contributed by atoms with E-state index in [4.69, 9.17) is 9.84 Å². The molecule has 1 unspecified atom stereocenters. The van der Waals surface area contributed by atoms with Gasteiger partial charge in [-0.3, -0.25) is 4.99 Å². The molecule has 0 amide bonds. The number of carbonyl (C=O) groups is 1. The maximum Gasteiger partial charge on any atom is 0.328 e. The lowest BCUT2D eigenvalue weighted by molar-refractivity contribution is -0.131. The molecule has 0 bridgehead atoms. The summed E-state index contributed by atoms with van der Waals surface area (Å²) in [4.78, 5) is 14.7. The molecule has 4 nitrogen and oxygen atoms in total. The summed E-state index contributed by atoms with van der Waals surface area (Å²) in [5.41, 5.74) is 0.615. The Bertz CT molecular complexity index is 332. The minimum Gasteiger partial charge on any atom is -0.478 e. The smallest absolute Gasteiger partial charge is 0.328 e. The van der Waals surface area contributed by atoms with Gasteiger partial charge in [0.25, 0.3) is 0 Å². The van der Waals surface area contributed by atoms with Crippen molar-refractivity contribution in [3.05, 3.63) is 11.6 Å². The lowest BCUT2D eigenvalue weighted by atomic mass is 9.97. The van der Waals surface area contributed by atoms with Gasteiger partial charge in [-0.25, -0.2) is 4.79 Å². The average Bonchev–Trinajstić information content (AvgIpc) is 2.27. The van der Waals surface area contributed by atoms with Gasteiger partial charge in [-0.2, -0.15) is 0 Å². The predicted molar refractivity (Wildman–Crippen MR) is 78.9 cm³/mol. The Morgan fingerprint density at radius 3 is 2.63 bits per heavy atom. The fourth-order valence-electron chi connectivity index (χ4n) is 1.68. The van der Waals surface area contributed by atoms with Crippen molar-refractivity contribution in [3.63, 3.8) is 0 Å². The highest BCUT2D eigenvalue weighted by Crippen LogP contribution is 2.19. The molecule has 0 rings (SSSR count). The van der Waals surface area contributed by atoms with E-state index in [1.54, 1.807) is 20.2 Å². The van der Waals surface area contributed by atoms with Gasteiger partial charge in [-0.1, -0.05) is 13.3 Å². The van der Waals surface area contributed by atoms with Crippen LogP contribution < -0.4 is 0 Å². The second kappa shape index (κ2) is 8.86. The third-order valence-electron chi connectivity index (χ3n) is 3.09. The van der Waals surface area contributed by atoms with E-state index in [9.17, 15) is 4.79 Å². The summed E-state index contributed by atoms with van der Waals surface area (Å²) >= 11 is 0. The highest BCUT2D eigenvalue weighted by atomic mass is 16.5. The lowest BCUT2D eigenvalue weighted by Crippen LogP contribution is -2.22. The van der Waals surface area contributed by atoms with Crippen LogP contribution in [0.3, 0.4) is 0 Å². The van der Waals surface area contributed by atoms with Crippen LogP contribution in [0.1, 0.15) is 47.0 Å². The number of hydrogen-bond acceptors (Lipinski definition) is 3. The summed E-state index contributed by atoms with van der Waals surface area (Å²) in [5, 5.41) is 8.56. The Balaban J connectivity index is 3.91.